The molecule has 1 heterocycles. The summed E-state index contributed by atoms with van der Waals surface area (Å²) in [5, 5.41) is 3.12. The molecule has 0 radical (unpaired) electrons. The van der Waals surface area contributed by atoms with Crippen LogP contribution in [0.2, 0.25) is 0 Å². The molecule has 2 unspecified atom stereocenters. The summed E-state index contributed by atoms with van der Waals surface area (Å²) in [5.74, 6) is 1.37. The highest BCUT2D eigenvalue weighted by molar-refractivity contribution is 5.78. The summed E-state index contributed by atoms with van der Waals surface area (Å²) in [6.45, 7) is 11.1. The molecule has 1 aliphatic heterocycles. The average molecular weight is 477 g/mol. The lowest BCUT2D eigenvalue weighted by Gasteiger charge is -2.39. The van der Waals surface area contributed by atoms with Gasteiger partial charge in [-0.05, 0) is 32.6 Å². The molecule has 0 aromatic heterocycles. The van der Waals surface area contributed by atoms with Gasteiger partial charge in [0.1, 0.15) is 6.54 Å². The number of carbonyl (C=O) groups is 1. The van der Waals surface area contributed by atoms with Crippen molar-refractivity contribution < 1.29 is 9.28 Å². The fraction of sp³-hybridized carbons (Fsp3) is 0.867. The van der Waals surface area contributed by atoms with E-state index in [0.29, 0.717) is 0 Å². The van der Waals surface area contributed by atoms with E-state index in [4.69, 9.17) is 4.99 Å². The number of carbonyl (C=O) groups excluding carboxylic acids is 1. The van der Waals surface area contributed by atoms with E-state index in [1.54, 1.807) is 6.92 Å². The van der Waals surface area contributed by atoms with Crippen LogP contribution in [0.1, 0.15) is 143 Å². The highest BCUT2D eigenvalue weighted by Gasteiger charge is 2.41. The van der Waals surface area contributed by atoms with E-state index in [9.17, 15) is 4.79 Å². The number of hydrogen-bond donors (Lipinski definition) is 1. The van der Waals surface area contributed by atoms with Crippen molar-refractivity contribution in [3.63, 3.8) is 0 Å². The van der Waals surface area contributed by atoms with Gasteiger partial charge in [-0.25, -0.2) is 4.99 Å². The predicted molar refractivity (Wildman–Crippen MR) is 149 cm³/mol. The molecule has 2 atom stereocenters. The van der Waals surface area contributed by atoms with Gasteiger partial charge in [-0.3, -0.25) is 9.28 Å². The fourth-order valence-electron chi connectivity index (χ4n) is 5.51. The summed E-state index contributed by atoms with van der Waals surface area (Å²) in [5.41, 5.74) is 0. The van der Waals surface area contributed by atoms with Gasteiger partial charge in [0.25, 0.3) is 0 Å². The Morgan fingerprint density at radius 3 is 1.82 bits per heavy atom. The fourth-order valence-corrected chi connectivity index (χ4v) is 5.51. The monoisotopic (exact) mass is 476 g/mol. The van der Waals surface area contributed by atoms with Crippen molar-refractivity contribution in [2.75, 3.05) is 19.6 Å². The molecule has 34 heavy (non-hydrogen) atoms. The highest BCUT2D eigenvalue weighted by Crippen LogP contribution is 2.23. The van der Waals surface area contributed by atoms with Crippen molar-refractivity contribution in [2.45, 2.75) is 149 Å². The van der Waals surface area contributed by atoms with Crippen LogP contribution in [0.4, 0.5) is 0 Å². The molecule has 0 bridgehead atoms. The van der Waals surface area contributed by atoms with Gasteiger partial charge in [0.15, 0.2) is 12.0 Å². The van der Waals surface area contributed by atoms with Crippen LogP contribution in [0.25, 0.3) is 0 Å². The second-order valence-corrected chi connectivity index (χ2v) is 10.5. The molecule has 1 rings (SSSR count). The van der Waals surface area contributed by atoms with Gasteiger partial charge in [0, 0.05) is 20.3 Å². The van der Waals surface area contributed by atoms with Crippen LogP contribution in [0.15, 0.2) is 17.1 Å². The first-order valence-corrected chi connectivity index (χ1v) is 14.9. The molecular weight excluding hydrogens is 418 g/mol. The van der Waals surface area contributed by atoms with Gasteiger partial charge in [0.2, 0.25) is 5.91 Å². The molecule has 4 nitrogen and oxygen atoms in total. The lowest BCUT2D eigenvalue weighted by molar-refractivity contribution is -0.861. The quantitative estimate of drug-likeness (QED) is 0.0952. The first-order chi connectivity index (χ1) is 16.6. The molecule has 1 aliphatic rings. The third-order valence-corrected chi connectivity index (χ3v) is 7.70. The summed E-state index contributed by atoms with van der Waals surface area (Å²) in [4.78, 5) is 16.4. The van der Waals surface area contributed by atoms with Gasteiger partial charge >= 0.3 is 0 Å². The Kier molecular flexibility index (Phi) is 18.2. The summed E-state index contributed by atoms with van der Waals surface area (Å²) >= 11 is 0. The maximum absolute atomic E-state index is 11.6. The van der Waals surface area contributed by atoms with Crippen molar-refractivity contribution in [1.82, 2.24) is 5.32 Å². The molecule has 4 heteroatoms. The molecule has 0 aromatic rings. The van der Waals surface area contributed by atoms with Crippen LogP contribution < -0.4 is 5.32 Å². The lowest BCUT2D eigenvalue weighted by atomic mass is 10.0. The van der Waals surface area contributed by atoms with Gasteiger partial charge < -0.3 is 5.32 Å². The largest absolute Gasteiger partial charge is 0.307 e. The van der Waals surface area contributed by atoms with E-state index in [1.165, 1.54) is 115 Å². The Hall–Kier alpha value is -1.16. The van der Waals surface area contributed by atoms with E-state index in [1.807, 2.05) is 0 Å². The van der Waals surface area contributed by atoms with Crippen LogP contribution in [0.5, 0.6) is 0 Å². The zero-order chi connectivity index (χ0) is 24.9. The minimum Gasteiger partial charge on any atom is -0.307 e. The topological polar surface area (TPSA) is 41.5 Å². The molecule has 1 N–H and O–H groups in total. The van der Waals surface area contributed by atoms with Crippen molar-refractivity contribution in [2.24, 2.45) is 4.99 Å². The smallest absolute Gasteiger partial charge is 0.221 e. The number of aliphatic imine (C=N–C) groups is 1. The molecule has 198 valence electrons. The lowest BCUT2D eigenvalue weighted by Crippen LogP contribution is -2.62. The Bertz CT molecular complexity index is 571. The summed E-state index contributed by atoms with van der Waals surface area (Å²) in [6.07, 6.45) is 29.3. The number of amides is 1. The van der Waals surface area contributed by atoms with Crippen molar-refractivity contribution in [3.8, 4) is 0 Å². The Balaban J connectivity index is 1.93. The number of unbranched alkanes of at least 4 members (excludes halogenated alkanes) is 15. The maximum Gasteiger partial charge on any atom is 0.221 e. The van der Waals surface area contributed by atoms with Crippen LogP contribution in [-0.2, 0) is 4.79 Å². The summed E-state index contributed by atoms with van der Waals surface area (Å²) in [7, 11) is 0. The predicted octanol–water partition coefficient (Wildman–Crippen LogP) is 8.32. The van der Waals surface area contributed by atoms with Gasteiger partial charge in [-0.1, -0.05) is 103 Å². The number of hydrogen-bond acceptors (Lipinski definition) is 2. The summed E-state index contributed by atoms with van der Waals surface area (Å²) in [6, 6.07) is 0. The van der Waals surface area contributed by atoms with Crippen LogP contribution >= 0.6 is 0 Å². The molecule has 0 spiro atoms. The third-order valence-electron chi connectivity index (χ3n) is 7.70. The maximum atomic E-state index is 11.6. The van der Waals surface area contributed by atoms with E-state index >= 15 is 0 Å². The van der Waals surface area contributed by atoms with Crippen LogP contribution in [0, 0.1) is 0 Å². The number of likely N-dealkylation sites (N-methyl/N-ethyl adjacent to an activating group) is 1. The number of nitrogens with zero attached hydrogens (tertiary/aromatic N) is 2. The molecule has 0 saturated heterocycles. The van der Waals surface area contributed by atoms with E-state index in [0.717, 1.165) is 30.5 Å². The minimum absolute atomic E-state index is 0.0613. The second kappa shape index (κ2) is 20.1. The van der Waals surface area contributed by atoms with Crippen molar-refractivity contribution in [3.05, 3.63) is 12.2 Å². The van der Waals surface area contributed by atoms with Crippen molar-refractivity contribution >= 4 is 11.7 Å². The number of allylic oxidation sites excluding steroid dienone is 2. The van der Waals surface area contributed by atoms with Gasteiger partial charge in [-0.15, -0.1) is 0 Å². The molecule has 0 fully saturated rings. The second-order valence-electron chi connectivity index (χ2n) is 10.5. The highest BCUT2D eigenvalue weighted by atomic mass is 16.1. The summed E-state index contributed by atoms with van der Waals surface area (Å²) < 4.78 is 0.857. The van der Waals surface area contributed by atoms with Crippen molar-refractivity contribution in [1.29, 1.82) is 0 Å². The average Bonchev–Trinajstić information content (AvgIpc) is 3.24. The number of nitrogens with one attached hydrogen (secondary N) is 1. The molecule has 1 amide bonds. The molecule has 0 saturated carbocycles. The van der Waals surface area contributed by atoms with E-state index in [2.05, 4.69) is 38.2 Å². The first kappa shape index (κ1) is 30.9. The van der Waals surface area contributed by atoms with Crippen LogP contribution in [0.3, 0.4) is 0 Å². The zero-order valence-electron chi connectivity index (χ0n) is 23.4. The SMILES string of the molecule is CC/C=C/CCCCCCCCCCCCCCCCCC1=NCC[N+]1(CC)C(C)NC(C)=O. The molecular formula is C30H58N3O+. The van der Waals surface area contributed by atoms with Gasteiger partial charge in [-0.2, -0.15) is 0 Å². The molecule has 0 aliphatic carbocycles. The third kappa shape index (κ3) is 13.1. The number of quaternary nitrogens is 1. The Morgan fingerprint density at radius 2 is 1.35 bits per heavy atom. The van der Waals surface area contributed by atoms with E-state index in [-0.39, 0.29) is 12.1 Å². The first-order valence-electron chi connectivity index (χ1n) is 14.9. The van der Waals surface area contributed by atoms with E-state index < -0.39 is 0 Å². The normalized spacial score (nSPS) is 19.0. The number of rotatable bonds is 22. The standard InChI is InChI=1S/C30H57N3O/c1-5-7-8-9-10-11-12-13-14-15-16-17-18-19-20-21-22-23-24-25-30-31-26-27-33(30,6-2)28(3)32-29(4)34/h7-8,28H,5-6,9-27H2,1-4H3/p+1/b8-7+. The molecule has 0 aromatic carbocycles. The van der Waals surface area contributed by atoms with Crippen LogP contribution in [-0.4, -0.2) is 42.0 Å². The minimum atomic E-state index is 0.0613. The Morgan fingerprint density at radius 1 is 0.853 bits per heavy atom. The zero-order valence-corrected chi connectivity index (χ0v) is 23.4. The van der Waals surface area contributed by atoms with Gasteiger partial charge in [0.05, 0.1) is 13.1 Å². The number of amidine groups is 1. The Labute approximate surface area is 212 Å².